The molecule has 7 nitrogen and oxygen atoms in total. The lowest BCUT2D eigenvalue weighted by Gasteiger charge is -2.36. The van der Waals surface area contributed by atoms with Gasteiger partial charge in [0.2, 0.25) is 5.91 Å². The van der Waals surface area contributed by atoms with Gasteiger partial charge in [0.05, 0.1) is 5.69 Å². The van der Waals surface area contributed by atoms with Crippen LogP contribution in [-0.4, -0.2) is 70.9 Å². The third-order valence-electron chi connectivity index (χ3n) is 7.42. The molecule has 2 amide bonds. The second-order valence-corrected chi connectivity index (χ2v) is 10.3. The molecule has 2 aliphatic heterocycles. The standard InChI is InChI=1S/C23H30N4O3S/c1-16-20(17(2)30-24-16)22(29)26-7-5-23(6-8-26)14-19(23)21(28)27-11-9-25(10-12-27)15-18-4-3-13-31-18/h3-4,13,19H,5-12,14-15H2,1-2H3/t19-/m1/s1. The molecule has 0 aromatic carbocycles. The van der Waals surface area contributed by atoms with Crippen LogP contribution in [0.2, 0.25) is 0 Å². The SMILES string of the molecule is Cc1noc(C)c1C(=O)N1CCC2(CC1)C[C@@H]2C(=O)N1CCN(Cc2cccs2)CC1. The smallest absolute Gasteiger partial charge is 0.259 e. The molecule has 3 aliphatic rings. The number of piperazine rings is 1. The zero-order valence-corrected chi connectivity index (χ0v) is 19.1. The first-order valence-corrected chi connectivity index (χ1v) is 12.1. The monoisotopic (exact) mass is 442 g/mol. The summed E-state index contributed by atoms with van der Waals surface area (Å²) in [6.07, 6.45) is 2.81. The average molecular weight is 443 g/mol. The fraction of sp³-hybridized carbons (Fsp3) is 0.609. The summed E-state index contributed by atoms with van der Waals surface area (Å²) in [6.45, 7) is 9.55. The lowest BCUT2D eigenvalue weighted by atomic mass is 9.90. The third kappa shape index (κ3) is 3.91. The maximum Gasteiger partial charge on any atom is 0.259 e. The third-order valence-corrected chi connectivity index (χ3v) is 8.29. The van der Waals surface area contributed by atoms with E-state index in [0.717, 1.165) is 52.0 Å². The van der Waals surface area contributed by atoms with Crippen LogP contribution in [-0.2, 0) is 11.3 Å². The molecule has 1 spiro atoms. The van der Waals surface area contributed by atoms with E-state index in [1.165, 1.54) is 4.88 Å². The van der Waals surface area contributed by atoms with Crippen LogP contribution in [0, 0.1) is 25.2 Å². The van der Waals surface area contributed by atoms with Gasteiger partial charge in [0, 0.05) is 56.6 Å². The summed E-state index contributed by atoms with van der Waals surface area (Å²) < 4.78 is 5.16. The minimum atomic E-state index is 0.0106. The van der Waals surface area contributed by atoms with Crippen molar-refractivity contribution in [1.29, 1.82) is 0 Å². The van der Waals surface area contributed by atoms with Gasteiger partial charge in [-0.05, 0) is 50.0 Å². The van der Waals surface area contributed by atoms with Gasteiger partial charge >= 0.3 is 0 Å². The highest BCUT2D eigenvalue weighted by Crippen LogP contribution is 2.60. The number of nitrogens with zero attached hydrogens (tertiary/aromatic N) is 4. The molecule has 31 heavy (non-hydrogen) atoms. The van der Waals surface area contributed by atoms with Gasteiger partial charge in [-0.2, -0.15) is 0 Å². The van der Waals surface area contributed by atoms with Crippen molar-refractivity contribution in [3.63, 3.8) is 0 Å². The second kappa shape index (κ2) is 8.06. The fourth-order valence-electron chi connectivity index (χ4n) is 5.32. The Labute approximate surface area is 187 Å². The van der Waals surface area contributed by atoms with E-state index in [1.807, 2.05) is 11.8 Å². The topological polar surface area (TPSA) is 69.9 Å². The van der Waals surface area contributed by atoms with Gasteiger partial charge in [-0.25, -0.2) is 0 Å². The van der Waals surface area contributed by atoms with Crippen molar-refractivity contribution in [3.05, 3.63) is 39.4 Å². The van der Waals surface area contributed by atoms with Gasteiger partial charge in [0.15, 0.2) is 0 Å². The Hall–Kier alpha value is -2.19. The molecule has 1 atom stereocenters. The summed E-state index contributed by atoms with van der Waals surface area (Å²) in [5.41, 5.74) is 1.36. The van der Waals surface area contributed by atoms with E-state index in [2.05, 4.69) is 32.5 Å². The number of likely N-dealkylation sites (tertiary alicyclic amines) is 1. The molecule has 0 N–H and O–H groups in total. The number of amides is 2. The minimum absolute atomic E-state index is 0.0106. The Bertz CT molecular complexity index is 934. The van der Waals surface area contributed by atoms with Crippen molar-refractivity contribution in [2.24, 2.45) is 11.3 Å². The zero-order valence-electron chi connectivity index (χ0n) is 18.3. The number of aromatic nitrogens is 1. The predicted octanol–water partition coefficient (Wildman–Crippen LogP) is 2.94. The Morgan fingerprint density at radius 3 is 2.48 bits per heavy atom. The normalized spacial score (nSPS) is 23.4. The quantitative estimate of drug-likeness (QED) is 0.728. The van der Waals surface area contributed by atoms with E-state index in [0.29, 0.717) is 36.0 Å². The summed E-state index contributed by atoms with van der Waals surface area (Å²) in [6, 6.07) is 4.28. The van der Waals surface area contributed by atoms with Crippen molar-refractivity contribution < 1.29 is 14.1 Å². The highest BCUT2D eigenvalue weighted by atomic mass is 32.1. The fourth-order valence-corrected chi connectivity index (χ4v) is 6.07. The number of piperidine rings is 1. The molecule has 4 heterocycles. The lowest BCUT2D eigenvalue weighted by Crippen LogP contribution is -2.49. The summed E-state index contributed by atoms with van der Waals surface area (Å²) in [4.78, 5) is 33.9. The summed E-state index contributed by atoms with van der Waals surface area (Å²) in [7, 11) is 0. The molecule has 2 saturated heterocycles. The molecule has 0 radical (unpaired) electrons. The summed E-state index contributed by atoms with van der Waals surface area (Å²) in [5.74, 6) is 1.07. The van der Waals surface area contributed by atoms with E-state index in [1.54, 1.807) is 18.3 Å². The van der Waals surface area contributed by atoms with Crippen LogP contribution in [0.4, 0.5) is 0 Å². The first-order valence-electron chi connectivity index (χ1n) is 11.2. The van der Waals surface area contributed by atoms with Crippen LogP contribution in [0.1, 0.15) is 46.0 Å². The van der Waals surface area contributed by atoms with Gasteiger partial charge in [-0.1, -0.05) is 11.2 Å². The van der Waals surface area contributed by atoms with Gasteiger partial charge in [-0.3, -0.25) is 14.5 Å². The van der Waals surface area contributed by atoms with Crippen LogP contribution in [0.3, 0.4) is 0 Å². The number of thiophene rings is 1. The van der Waals surface area contributed by atoms with Gasteiger partial charge in [-0.15, -0.1) is 11.3 Å². The van der Waals surface area contributed by atoms with Crippen molar-refractivity contribution >= 4 is 23.2 Å². The van der Waals surface area contributed by atoms with Gasteiger partial charge in [0.1, 0.15) is 11.3 Å². The number of rotatable bonds is 4. The van der Waals surface area contributed by atoms with E-state index < -0.39 is 0 Å². The van der Waals surface area contributed by atoms with Crippen LogP contribution >= 0.6 is 11.3 Å². The molecule has 5 rings (SSSR count). The Kier molecular flexibility index (Phi) is 5.38. The van der Waals surface area contributed by atoms with Crippen LogP contribution < -0.4 is 0 Å². The minimum Gasteiger partial charge on any atom is -0.361 e. The molecule has 8 heteroatoms. The highest BCUT2D eigenvalue weighted by molar-refractivity contribution is 7.09. The molecule has 2 aromatic heterocycles. The average Bonchev–Trinajstić information content (AvgIpc) is 3.08. The largest absolute Gasteiger partial charge is 0.361 e. The summed E-state index contributed by atoms with van der Waals surface area (Å²) >= 11 is 1.80. The summed E-state index contributed by atoms with van der Waals surface area (Å²) in [5, 5.41) is 6.03. The zero-order chi connectivity index (χ0) is 21.6. The Morgan fingerprint density at radius 1 is 1.13 bits per heavy atom. The number of carbonyl (C=O) groups excluding carboxylic acids is 2. The first-order chi connectivity index (χ1) is 15.0. The maximum absolute atomic E-state index is 13.2. The van der Waals surface area contributed by atoms with E-state index in [9.17, 15) is 9.59 Å². The molecule has 1 aliphatic carbocycles. The number of hydrogen-bond donors (Lipinski definition) is 0. The lowest BCUT2D eigenvalue weighted by molar-refractivity contribution is -0.135. The van der Waals surface area contributed by atoms with Crippen LogP contribution in [0.15, 0.2) is 22.0 Å². The maximum atomic E-state index is 13.2. The number of aryl methyl sites for hydroxylation is 2. The molecule has 0 bridgehead atoms. The van der Waals surface area contributed by atoms with E-state index in [4.69, 9.17) is 4.52 Å². The Morgan fingerprint density at radius 2 is 1.87 bits per heavy atom. The van der Waals surface area contributed by atoms with E-state index in [-0.39, 0.29) is 17.2 Å². The van der Waals surface area contributed by atoms with Crippen LogP contribution in [0.5, 0.6) is 0 Å². The molecule has 3 fully saturated rings. The van der Waals surface area contributed by atoms with Crippen LogP contribution in [0.25, 0.3) is 0 Å². The van der Waals surface area contributed by atoms with Crippen molar-refractivity contribution in [3.8, 4) is 0 Å². The molecule has 1 saturated carbocycles. The van der Waals surface area contributed by atoms with Crippen molar-refractivity contribution in [2.75, 3.05) is 39.3 Å². The first kappa shape index (κ1) is 20.7. The number of carbonyl (C=O) groups is 2. The molecular weight excluding hydrogens is 412 g/mol. The van der Waals surface area contributed by atoms with Crippen molar-refractivity contribution in [2.45, 2.75) is 39.7 Å². The number of hydrogen-bond acceptors (Lipinski definition) is 6. The molecule has 0 unspecified atom stereocenters. The second-order valence-electron chi connectivity index (χ2n) is 9.29. The Balaban J connectivity index is 1.12. The van der Waals surface area contributed by atoms with Crippen molar-refractivity contribution in [1.82, 2.24) is 19.9 Å². The van der Waals surface area contributed by atoms with Gasteiger partial charge < -0.3 is 14.3 Å². The van der Waals surface area contributed by atoms with Gasteiger partial charge in [0.25, 0.3) is 5.91 Å². The predicted molar refractivity (Wildman–Crippen MR) is 118 cm³/mol. The molecule has 2 aromatic rings. The molecular formula is C23H30N4O3S. The van der Waals surface area contributed by atoms with E-state index >= 15 is 0 Å². The highest BCUT2D eigenvalue weighted by Gasteiger charge is 2.59. The molecule has 166 valence electrons.